The molecule has 0 aliphatic carbocycles. The molecule has 0 amide bonds. The summed E-state index contributed by atoms with van der Waals surface area (Å²) in [7, 11) is 1.68. The normalized spacial score (nSPS) is 14.6. The molecule has 5 rings (SSSR count). The summed E-state index contributed by atoms with van der Waals surface area (Å²) in [6, 6.07) is 10.0. The van der Waals surface area contributed by atoms with Gasteiger partial charge in [-0.25, -0.2) is 9.97 Å². The van der Waals surface area contributed by atoms with Crippen molar-refractivity contribution in [1.29, 1.82) is 0 Å². The minimum absolute atomic E-state index is 0.606. The Hall–Kier alpha value is -3.52. The van der Waals surface area contributed by atoms with E-state index in [1.165, 1.54) is 0 Å². The fourth-order valence-electron chi connectivity index (χ4n) is 4.05. The molecule has 0 spiro atoms. The number of ether oxygens (including phenoxy) is 1. The third kappa shape index (κ3) is 4.06. The molecule has 3 N–H and O–H groups in total. The van der Waals surface area contributed by atoms with Gasteiger partial charge < -0.3 is 20.4 Å². The van der Waals surface area contributed by atoms with Crippen LogP contribution in [0, 0.1) is 5.92 Å². The molecule has 0 bridgehead atoms. The van der Waals surface area contributed by atoms with Gasteiger partial charge in [0.25, 0.3) is 0 Å². The lowest BCUT2D eigenvalue weighted by Gasteiger charge is -2.22. The van der Waals surface area contributed by atoms with E-state index < -0.39 is 0 Å². The van der Waals surface area contributed by atoms with E-state index in [0.717, 1.165) is 66.1 Å². The largest absolute Gasteiger partial charge is 0.496 e. The molecular formula is C23H25N7O. The number of aromatic nitrogens is 5. The van der Waals surface area contributed by atoms with Crippen molar-refractivity contribution in [2.75, 3.05) is 32.1 Å². The van der Waals surface area contributed by atoms with Gasteiger partial charge in [0.15, 0.2) is 5.65 Å². The molecule has 8 heteroatoms. The molecular weight excluding hydrogens is 390 g/mol. The van der Waals surface area contributed by atoms with Crippen molar-refractivity contribution >= 4 is 17.1 Å². The van der Waals surface area contributed by atoms with E-state index in [0.29, 0.717) is 17.5 Å². The first-order chi connectivity index (χ1) is 15.3. The average molecular weight is 416 g/mol. The van der Waals surface area contributed by atoms with Crippen LogP contribution in [-0.4, -0.2) is 51.7 Å². The second-order valence-corrected chi connectivity index (χ2v) is 7.72. The summed E-state index contributed by atoms with van der Waals surface area (Å²) in [6.07, 6.45) is 7.55. The van der Waals surface area contributed by atoms with Gasteiger partial charge in [-0.15, -0.1) is 0 Å². The number of aromatic amines is 1. The van der Waals surface area contributed by atoms with Crippen LogP contribution in [0.15, 0.2) is 49.1 Å². The molecule has 4 heterocycles. The first-order valence-corrected chi connectivity index (χ1v) is 10.6. The topological polar surface area (TPSA) is 101 Å². The number of nitrogens with zero attached hydrogens (tertiary/aromatic N) is 4. The number of nitrogens with one attached hydrogen (secondary N) is 3. The molecule has 31 heavy (non-hydrogen) atoms. The van der Waals surface area contributed by atoms with Gasteiger partial charge in [0.05, 0.1) is 13.4 Å². The zero-order chi connectivity index (χ0) is 21.0. The molecule has 158 valence electrons. The van der Waals surface area contributed by atoms with Gasteiger partial charge >= 0.3 is 0 Å². The van der Waals surface area contributed by atoms with Crippen molar-refractivity contribution in [1.82, 2.24) is 30.2 Å². The van der Waals surface area contributed by atoms with Crippen LogP contribution < -0.4 is 15.4 Å². The lowest BCUT2D eigenvalue weighted by molar-refractivity contribution is 0.389. The molecule has 0 atom stereocenters. The molecule has 0 radical (unpaired) electrons. The van der Waals surface area contributed by atoms with Gasteiger partial charge in [0.2, 0.25) is 5.95 Å². The monoisotopic (exact) mass is 415 g/mol. The van der Waals surface area contributed by atoms with Crippen LogP contribution in [0.3, 0.4) is 0 Å². The van der Waals surface area contributed by atoms with Crippen LogP contribution in [0.5, 0.6) is 5.75 Å². The predicted molar refractivity (Wildman–Crippen MR) is 121 cm³/mol. The van der Waals surface area contributed by atoms with Crippen molar-refractivity contribution < 1.29 is 4.74 Å². The number of hydrogen-bond acceptors (Lipinski definition) is 7. The summed E-state index contributed by atoms with van der Waals surface area (Å²) >= 11 is 0. The van der Waals surface area contributed by atoms with E-state index in [-0.39, 0.29) is 0 Å². The second kappa shape index (κ2) is 8.69. The van der Waals surface area contributed by atoms with Crippen molar-refractivity contribution in [3.8, 4) is 28.1 Å². The zero-order valence-electron chi connectivity index (χ0n) is 17.4. The smallest absolute Gasteiger partial charge is 0.225 e. The highest BCUT2D eigenvalue weighted by Crippen LogP contribution is 2.35. The Balaban J connectivity index is 1.52. The van der Waals surface area contributed by atoms with Gasteiger partial charge in [-0.05, 0) is 67.7 Å². The summed E-state index contributed by atoms with van der Waals surface area (Å²) in [5, 5.41) is 6.84. The number of hydrogen-bond donors (Lipinski definition) is 3. The van der Waals surface area contributed by atoms with E-state index in [9.17, 15) is 0 Å². The fraction of sp³-hybridized carbons (Fsp3) is 0.304. The van der Waals surface area contributed by atoms with Gasteiger partial charge in [0.1, 0.15) is 17.0 Å². The molecule has 1 saturated heterocycles. The summed E-state index contributed by atoms with van der Waals surface area (Å²) < 4.78 is 5.60. The molecule has 0 unspecified atom stereocenters. The van der Waals surface area contributed by atoms with Crippen LogP contribution >= 0.6 is 0 Å². The fourth-order valence-corrected chi connectivity index (χ4v) is 4.05. The Kier molecular flexibility index (Phi) is 5.45. The first-order valence-electron chi connectivity index (χ1n) is 10.6. The number of imidazole rings is 1. The number of pyridine rings is 1. The number of fused-ring (bicyclic) bond motifs is 1. The number of H-pyrrole nitrogens is 1. The van der Waals surface area contributed by atoms with Crippen LogP contribution in [0.1, 0.15) is 12.8 Å². The maximum absolute atomic E-state index is 5.60. The lowest BCUT2D eigenvalue weighted by Crippen LogP contribution is -2.31. The van der Waals surface area contributed by atoms with E-state index in [2.05, 4.69) is 36.6 Å². The number of methoxy groups -OCH3 is 1. The van der Waals surface area contributed by atoms with Crippen molar-refractivity contribution in [3.63, 3.8) is 0 Å². The Morgan fingerprint density at radius 2 is 1.90 bits per heavy atom. The molecule has 8 nitrogen and oxygen atoms in total. The maximum atomic E-state index is 5.60. The Morgan fingerprint density at radius 1 is 1.06 bits per heavy atom. The van der Waals surface area contributed by atoms with E-state index in [4.69, 9.17) is 9.72 Å². The van der Waals surface area contributed by atoms with Crippen LogP contribution in [-0.2, 0) is 0 Å². The Labute approximate surface area is 180 Å². The average Bonchev–Trinajstić information content (AvgIpc) is 3.32. The summed E-state index contributed by atoms with van der Waals surface area (Å²) in [6.45, 7) is 3.00. The number of rotatable bonds is 6. The molecule has 1 aromatic carbocycles. The van der Waals surface area contributed by atoms with Crippen LogP contribution in [0.2, 0.25) is 0 Å². The molecule has 4 aromatic rings. The zero-order valence-corrected chi connectivity index (χ0v) is 17.4. The predicted octanol–water partition coefficient (Wildman–Crippen LogP) is 3.50. The first kappa shape index (κ1) is 19.4. The van der Waals surface area contributed by atoms with Gasteiger partial charge in [-0.3, -0.25) is 4.98 Å². The third-order valence-electron chi connectivity index (χ3n) is 5.76. The van der Waals surface area contributed by atoms with Gasteiger partial charge in [0, 0.05) is 30.1 Å². The minimum atomic E-state index is 0.606. The van der Waals surface area contributed by atoms with Crippen molar-refractivity contribution in [2.45, 2.75) is 12.8 Å². The Bertz CT molecular complexity index is 1170. The number of piperidine rings is 1. The van der Waals surface area contributed by atoms with Crippen molar-refractivity contribution in [2.24, 2.45) is 5.92 Å². The lowest BCUT2D eigenvalue weighted by atomic mass is 9.98. The van der Waals surface area contributed by atoms with E-state index >= 15 is 0 Å². The number of anilines is 1. The SMILES string of the molecule is COc1ccc(-c2nc(NCC3CCNCC3)nc3nc[nH]c23)cc1-c1ccncc1. The molecule has 0 saturated carbocycles. The molecule has 3 aromatic heterocycles. The maximum Gasteiger partial charge on any atom is 0.225 e. The highest BCUT2D eigenvalue weighted by atomic mass is 16.5. The molecule has 1 aliphatic rings. The van der Waals surface area contributed by atoms with Crippen molar-refractivity contribution in [3.05, 3.63) is 49.1 Å². The van der Waals surface area contributed by atoms with E-state index in [1.807, 2.05) is 24.3 Å². The summed E-state index contributed by atoms with van der Waals surface area (Å²) in [4.78, 5) is 21.2. The molecule has 1 fully saturated rings. The standard InChI is InChI=1S/C23H25N7O/c1-31-19-3-2-17(12-18(19)16-6-10-25-11-7-16)20-21-22(28-14-27-21)30-23(29-20)26-13-15-4-8-24-9-5-15/h2-3,6-7,10-12,14-15,24H,4-5,8-9,13H2,1H3,(H2,26,27,28,29,30). The van der Waals surface area contributed by atoms with Crippen LogP contribution in [0.25, 0.3) is 33.5 Å². The highest BCUT2D eigenvalue weighted by Gasteiger charge is 2.17. The quantitative estimate of drug-likeness (QED) is 0.443. The second-order valence-electron chi connectivity index (χ2n) is 7.72. The van der Waals surface area contributed by atoms with Crippen LogP contribution in [0.4, 0.5) is 5.95 Å². The Morgan fingerprint density at radius 3 is 2.71 bits per heavy atom. The summed E-state index contributed by atoms with van der Waals surface area (Å²) in [5.41, 5.74) is 5.27. The highest BCUT2D eigenvalue weighted by molar-refractivity contribution is 5.90. The molecule has 1 aliphatic heterocycles. The van der Waals surface area contributed by atoms with Gasteiger partial charge in [-0.2, -0.15) is 4.98 Å². The summed E-state index contributed by atoms with van der Waals surface area (Å²) in [5.74, 6) is 2.03. The van der Waals surface area contributed by atoms with Gasteiger partial charge in [-0.1, -0.05) is 0 Å². The van der Waals surface area contributed by atoms with E-state index in [1.54, 1.807) is 25.8 Å². The minimum Gasteiger partial charge on any atom is -0.496 e. The number of benzene rings is 1. The third-order valence-corrected chi connectivity index (χ3v) is 5.76.